The standard InChI is InChI=1S/C17H26F2N2O2/c1-4-21(12-16(18)19)9-8-20-17(22)10-13(2)14-6-5-7-15(11-14)23-3/h5-7,11,13,16H,4,8-10,12H2,1-3H3,(H,20,22)/t13-/m0/s1. The van der Waals surface area contributed by atoms with Crippen molar-refractivity contribution in [1.29, 1.82) is 0 Å². The fourth-order valence-electron chi connectivity index (χ4n) is 2.34. The van der Waals surface area contributed by atoms with Crippen LogP contribution in [0.15, 0.2) is 24.3 Å². The Balaban J connectivity index is 2.37. The van der Waals surface area contributed by atoms with Gasteiger partial charge in [-0.15, -0.1) is 0 Å². The van der Waals surface area contributed by atoms with Crippen LogP contribution in [0.4, 0.5) is 8.78 Å². The van der Waals surface area contributed by atoms with Crippen molar-refractivity contribution in [2.24, 2.45) is 0 Å². The number of hydrogen-bond acceptors (Lipinski definition) is 3. The van der Waals surface area contributed by atoms with Crippen LogP contribution in [0, 0.1) is 0 Å². The number of alkyl halides is 2. The molecule has 0 spiro atoms. The number of nitrogens with one attached hydrogen (secondary N) is 1. The number of amides is 1. The van der Waals surface area contributed by atoms with Gasteiger partial charge in [-0.1, -0.05) is 26.0 Å². The maximum atomic E-state index is 12.3. The van der Waals surface area contributed by atoms with Gasteiger partial charge in [-0.2, -0.15) is 0 Å². The lowest BCUT2D eigenvalue weighted by Crippen LogP contribution is -2.37. The Hall–Kier alpha value is -1.69. The molecule has 0 aliphatic carbocycles. The van der Waals surface area contributed by atoms with Gasteiger partial charge in [0, 0.05) is 19.5 Å². The average molecular weight is 328 g/mol. The molecular weight excluding hydrogens is 302 g/mol. The van der Waals surface area contributed by atoms with Crippen molar-refractivity contribution in [2.45, 2.75) is 32.6 Å². The molecule has 1 amide bonds. The van der Waals surface area contributed by atoms with Crippen molar-refractivity contribution in [1.82, 2.24) is 10.2 Å². The molecule has 0 aliphatic rings. The minimum atomic E-state index is -2.35. The third kappa shape index (κ3) is 7.41. The molecule has 0 aromatic heterocycles. The van der Waals surface area contributed by atoms with Crippen LogP contribution in [0.1, 0.15) is 31.7 Å². The first-order valence-corrected chi connectivity index (χ1v) is 7.87. The topological polar surface area (TPSA) is 41.6 Å². The van der Waals surface area contributed by atoms with E-state index in [9.17, 15) is 13.6 Å². The second-order valence-electron chi connectivity index (χ2n) is 5.52. The summed E-state index contributed by atoms with van der Waals surface area (Å²) in [5.41, 5.74) is 1.03. The van der Waals surface area contributed by atoms with Gasteiger partial charge in [-0.3, -0.25) is 9.69 Å². The molecule has 23 heavy (non-hydrogen) atoms. The average Bonchev–Trinajstić information content (AvgIpc) is 2.53. The number of hydrogen-bond donors (Lipinski definition) is 1. The Labute approximate surface area is 136 Å². The van der Waals surface area contributed by atoms with Crippen molar-refractivity contribution in [3.63, 3.8) is 0 Å². The van der Waals surface area contributed by atoms with Crippen molar-refractivity contribution in [3.8, 4) is 5.75 Å². The van der Waals surface area contributed by atoms with Crippen LogP contribution in [-0.2, 0) is 4.79 Å². The number of ether oxygens (including phenoxy) is 1. The lowest BCUT2D eigenvalue weighted by molar-refractivity contribution is -0.121. The number of carbonyl (C=O) groups excluding carboxylic acids is 1. The Morgan fingerprint density at radius 1 is 1.39 bits per heavy atom. The molecule has 0 aliphatic heterocycles. The summed E-state index contributed by atoms with van der Waals surface area (Å²) in [6, 6.07) is 7.63. The van der Waals surface area contributed by atoms with E-state index in [1.54, 1.807) is 12.0 Å². The van der Waals surface area contributed by atoms with E-state index in [-0.39, 0.29) is 18.4 Å². The fraction of sp³-hybridized carbons (Fsp3) is 0.588. The first kappa shape index (κ1) is 19.4. The van der Waals surface area contributed by atoms with Crippen LogP contribution in [0.3, 0.4) is 0 Å². The molecule has 0 heterocycles. The molecule has 1 aromatic rings. The quantitative estimate of drug-likeness (QED) is 0.718. The Kier molecular flexibility index (Phi) is 8.55. The van der Waals surface area contributed by atoms with E-state index in [1.807, 2.05) is 38.1 Å². The summed E-state index contributed by atoms with van der Waals surface area (Å²) < 4.78 is 29.9. The maximum Gasteiger partial charge on any atom is 0.251 e. The van der Waals surface area contributed by atoms with Crippen LogP contribution in [0.5, 0.6) is 5.75 Å². The Morgan fingerprint density at radius 2 is 2.13 bits per heavy atom. The predicted molar refractivity (Wildman–Crippen MR) is 87.2 cm³/mol. The number of carbonyl (C=O) groups is 1. The zero-order valence-corrected chi connectivity index (χ0v) is 14.0. The molecule has 1 N–H and O–H groups in total. The molecule has 0 fully saturated rings. The lowest BCUT2D eigenvalue weighted by atomic mass is 9.97. The molecule has 0 saturated heterocycles. The van der Waals surface area contributed by atoms with Gasteiger partial charge in [-0.25, -0.2) is 8.78 Å². The van der Waals surface area contributed by atoms with Gasteiger partial charge >= 0.3 is 0 Å². The summed E-state index contributed by atoms with van der Waals surface area (Å²) in [6.45, 7) is 4.90. The van der Waals surface area contributed by atoms with Crippen LogP contribution in [0.2, 0.25) is 0 Å². The molecule has 0 saturated carbocycles. The first-order chi connectivity index (χ1) is 11.0. The third-order valence-electron chi connectivity index (χ3n) is 3.75. The molecule has 1 aromatic carbocycles. The summed E-state index contributed by atoms with van der Waals surface area (Å²) in [5.74, 6) is 0.752. The molecule has 1 atom stereocenters. The second-order valence-corrected chi connectivity index (χ2v) is 5.52. The summed E-state index contributed by atoms with van der Waals surface area (Å²) in [7, 11) is 1.61. The largest absolute Gasteiger partial charge is 0.497 e. The SMILES string of the molecule is CCN(CCNC(=O)C[C@H](C)c1cccc(OC)c1)CC(F)F. The molecule has 0 bridgehead atoms. The van der Waals surface area contributed by atoms with Gasteiger partial charge in [0.05, 0.1) is 13.7 Å². The van der Waals surface area contributed by atoms with E-state index in [4.69, 9.17) is 4.74 Å². The van der Waals surface area contributed by atoms with Gasteiger partial charge in [0.1, 0.15) is 5.75 Å². The highest BCUT2D eigenvalue weighted by Crippen LogP contribution is 2.22. The summed E-state index contributed by atoms with van der Waals surface area (Å²) in [5, 5.41) is 2.79. The smallest absolute Gasteiger partial charge is 0.251 e. The van der Waals surface area contributed by atoms with Gasteiger partial charge < -0.3 is 10.1 Å². The summed E-state index contributed by atoms with van der Waals surface area (Å²) in [4.78, 5) is 13.6. The molecule has 4 nitrogen and oxygen atoms in total. The Morgan fingerprint density at radius 3 is 2.74 bits per heavy atom. The summed E-state index contributed by atoms with van der Waals surface area (Å²) >= 11 is 0. The summed E-state index contributed by atoms with van der Waals surface area (Å²) in [6.07, 6.45) is -1.99. The zero-order chi connectivity index (χ0) is 17.2. The molecular formula is C17H26F2N2O2. The number of benzene rings is 1. The van der Waals surface area contributed by atoms with Gasteiger partial charge in [0.25, 0.3) is 6.43 Å². The normalized spacial score (nSPS) is 12.5. The van der Waals surface area contributed by atoms with Crippen molar-refractivity contribution >= 4 is 5.91 Å². The van der Waals surface area contributed by atoms with Crippen molar-refractivity contribution in [2.75, 3.05) is 33.3 Å². The lowest BCUT2D eigenvalue weighted by Gasteiger charge is -2.20. The van der Waals surface area contributed by atoms with E-state index in [0.717, 1.165) is 11.3 Å². The minimum Gasteiger partial charge on any atom is -0.497 e. The highest BCUT2D eigenvalue weighted by molar-refractivity contribution is 5.76. The number of likely N-dealkylation sites (N-methyl/N-ethyl adjacent to an activating group) is 1. The molecule has 1 rings (SSSR count). The van der Waals surface area contributed by atoms with E-state index in [0.29, 0.717) is 26.1 Å². The highest BCUT2D eigenvalue weighted by Gasteiger charge is 2.13. The van der Waals surface area contributed by atoms with Gasteiger partial charge in [-0.05, 0) is 30.2 Å². The number of nitrogens with zero attached hydrogens (tertiary/aromatic N) is 1. The third-order valence-corrected chi connectivity index (χ3v) is 3.75. The first-order valence-electron chi connectivity index (χ1n) is 7.87. The zero-order valence-electron chi connectivity index (χ0n) is 14.0. The predicted octanol–water partition coefficient (Wildman–Crippen LogP) is 2.89. The fourth-order valence-corrected chi connectivity index (χ4v) is 2.34. The molecule has 130 valence electrons. The van der Waals surface area contributed by atoms with Crippen LogP contribution in [-0.4, -0.2) is 50.5 Å². The highest BCUT2D eigenvalue weighted by atomic mass is 19.3. The van der Waals surface area contributed by atoms with Crippen LogP contribution >= 0.6 is 0 Å². The van der Waals surface area contributed by atoms with Crippen LogP contribution in [0.25, 0.3) is 0 Å². The van der Waals surface area contributed by atoms with Crippen molar-refractivity contribution < 1.29 is 18.3 Å². The number of methoxy groups -OCH3 is 1. The van der Waals surface area contributed by atoms with E-state index < -0.39 is 6.43 Å². The van der Waals surface area contributed by atoms with E-state index in [1.165, 1.54) is 0 Å². The molecule has 0 radical (unpaired) electrons. The molecule has 6 heteroatoms. The number of rotatable bonds is 10. The minimum absolute atomic E-state index is 0.0634. The van der Waals surface area contributed by atoms with E-state index >= 15 is 0 Å². The second kappa shape index (κ2) is 10.2. The van der Waals surface area contributed by atoms with Crippen molar-refractivity contribution in [3.05, 3.63) is 29.8 Å². The number of halogens is 2. The monoisotopic (exact) mass is 328 g/mol. The molecule has 0 unspecified atom stereocenters. The van der Waals surface area contributed by atoms with E-state index in [2.05, 4.69) is 5.32 Å². The maximum absolute atomic E-state index is 12.3. The van der Waals surface area contributed by atoms with Gasteiger partial charge in [0.2, 0.25) is 5.91 Å². The van der Waals surface area contributed by atoms with Crippen LogP contribution < -0.4 is 10.1 Å². The Bertz CT molecular complexity index is 483. The van der Waals surface area contributed by atoms with Gasteiger partial charge in [0.15, 0.2) is 0 Å².